The zero-order valence-electron chi connectivity index (χ0n) is 8.99. The molecular formula is C12H18ClNO. The molecule has 2 aliphatic rings. The maximum Gasteiger partial charge on any atom is 0.316 e. The highest BCUT2D eigenvalue weighted by molar-refractivity contribution is 6.62. The molecule has 0 spiro atoms. The molecule has 0 N–H and O–H groups in total. The highest BCUT2D eigenvalue weighted by atomic mass is 35.5. The van der Waals surface area contributed by atoms with Crippen LogP contribution >= 0.6 is 11.6 Å². The number of allylic oxidation sites excluding steroid dienone is 1. The fourth-order valence-corrected chi connectivity index (χ4v) is 3.49. The van der Waals surface area contributed by atoms with E-state index >= 15 is 0 Å². The van der Waals surface area contributed by atoms with Gasteiger partial charge < -0.3 is 4.90 Å². The van der Waals surface area contributed by atoms with Crippen molar-refractivity contribution in [2.24, 2.45) is 5.92 Å². The summed E-state index contributed by atoms with van der Waals surface area (Å²) < 4.78 is 0. The summed E-state index contributed by atoms with van der Waals surface area (Å²) in [7, 11) is 0. The molecule has 0 radical (unpaired) electrons. The Kier molecular flexibility index (Phi) is 3.35. The summed E-state index contributed by atoms with van der Waals surface area (Å²) >= 11 is 5.65. The predicted molar refractivity (Wildman–Crippen MR) is 62.1 cm³/mol. The largest absolute Gasteiger partial charge is 0.323 e. The molecular weight excluding hydrogens is 210 g/mol. The van der Waals surface area contributed by atoms with Crippen molar-refractivity contribution >= 4 is 17.0 Å². The maximum absolute atomic E-state index is 11.3. The average molecular weight is 228 g/mol. The predicted octanol–water partition coefficient (Wildman–Crippen LogP) is 3.55. The summed E-state index contributed by atoms with van der Waals surface area (Å²) in [6.07, 6.45) is 8.81. The van der Waals surface area contributed by atoms with Gasteiger partial charge in [-0.25, -0.2) is 0 Å². The van der Waals surface area contributed by atoms with Crippen molar-refractivity contribution in [3.8, 4) is 0 Å². The first-order valence-electron chi connectivity index (χ1n) is 5.81. The quantitative estimate of drug-likeness (QED) is 0.401. The molecule has 2 bridgehead atoms. The topological polar surface area (TPSA) is 20.3 Å². The van der Waals surface area contributed by atoms with Crippen molar-refractivity contribution < 1.29 is 4.79 Å². The van der Waals surface area contributed by atoms with Gasteiger partial charge in [0.15, 0.2) is 0 Å². The minimum Gasteiger partial charge on any atom is -0.323 e. The zero-order valence-corrected chi connectivity index (χ0v) is 9.75. The summed E-state index contributed by atoms with van der Waals surface area (Å²) in [6.45, 7) is 3.80. The zero-order chi connectivity index (χ0) is 10.8. The van der Waals surface area contributed by atoms with Gasteiger partial charge in [0.05, 0.1) is 0 Å². The third-order valence-corrected chi connectivity index (χ3v) is 3.97. The Hall–Kier alpha value is -0.500. The first-order valence-corrected chi connectivity index (χ1v) is 6.19. The molecule has 0 aromatic carbocycles. The van der Waals surface area contributed by atoms with E-state index in [1.807, 2.05) is 11.0 Å². The standard InChI is InChI=1S/C12H18ClNO/c1-2-4-9-7-10-5-3-6-11(8-9)14(10)12(13)15/h2,9-11H,1,3-8H2/t9?,10-,11+. The monoisotopic (exact) mass is 227 g/mol. The van der Waals surface area contributed by atoms with Gasteiger partial charge in [-0.05, 0) is 56.0 Å². The lowest BCUT2D eigenvalue weighted by Crippen LogP contribution is -2.53. The van der Waals surface area contributed by atoms with Crippen LogP contribution < -0.4 is 0 Å². The van der Waals surface area contributed by atoms with E-state index in [1.54, 1.807) is 0 Å². The Morgan fingerprint density at radius 1 is 1.40 bits per heavy atom. The van der Waals surface area contributed by atoms with E-state index in [4.69, 9.17) is 11.6 Å². The average Bonchev–Trinajstić information content (AvgIpc) is 2.16. The van der Waals surface area contributed by atoms with E-state index in [2.05, 4.69) is 6.58 Å². The van der Waals surface area contributed by atoms with E-state index in [-0.39, 0.29) is 5.37 Å². The summed E-state index contributed by atoms with van der Waals surface area (Å²) in [6, 6.07) is 0.792. The molecule has 2 aliphatic heterocycles. The molecule has 1 amide bonds. The van der Waals surface area contributed by atoms with Crippen LogP contribution in [0.25, 0.3) is 0 Å². The van der Waals surface area contributed by atoms with Gasteiger partial charge in [-0.2, -0.15) is 0 Å². The second-order valence-corrected chi connectivity index (χ2v) is 5.08. The number of fused-ring (bicyclic) bond motifs is 2. The fourth-order valence-electron chi connectivity index (χ4n) is 3.21. The molecule has 2 saturated heterocycles. The molecule has 2 rings (SSSR count). The SMILES string of the molecule is C=CCC1C[C@H]2CCC[C@@H](C1)N2C(=O)Cl. The summed E-state index contributed by atoms with van der Waals surface area (Å²) in [4.78, 5) is 13.3. The highest BCUT2D eigenvalue weighted by Gasteiger charge is 2.39. The fraction of sp³-hybridized carbons (Fsp3) is 0.750. The Morgan fingerprint density at radius 3 is 2.47 bits per heavy atom. The van der Waals surface area contributed by atoms with Crippen molar-refractivity contribution in [2.45, 2.75) is 50.6 Å². The number of amides is 1. The first-order chi connectivity index (χ1) is 7.22. The van der Waals surface area contributed by atoms with E-state index in [0.29, 0.717) is 18.0 Å². The lowest BCUT2D eigenvalue weighted by molar-refractivity contribution is 0.0559. The van der Waals surface area contributed by atoms with Gasteiger partial charge in [0.2, 0.25) is 0 Å². The normalized spacial score (nSPS) is 35.0. The molecule has 0 aliphatic carbocycles. The number of nitrogens with zero attached hydrogens (tertiary/aromatic N) is 1. The molecule has 84 valence electrons. The Morgan fingerprint density at radius 2 is 2.00 bits per heavy atom. The van der Waals surface area contributed by atoms with Gasteiger partial charge in [-0.3, -0.25) is 4.79 Å². The van der Waals surface area contributed by atoms with Crippen molar-refractivity contribution in [3.05, 3.63) is 12.7 Å². The molecule has 0 aromatic rings. The van der Waals surface area contributed by atoms with Crippen LogP contribution in [0.15, 0.2) is 12.7 Å². The maximum atomic E-state index is 11.3. The third-order valence-electron chi connectivity index (χ3n) is 3.78. The van der Waals surface area contributed by atoms with Gasteiger partial charge in [-0.1, -0.05) is 6.08 Å². The molecule has 0 saturated carbocycles. The summed E-state index contributed by atoms with van der Waals surface area (Å²) in [5.41, 5.74) is 0. The highest BCUT2D eigenvalue weighted by Crippen LogP contribution is 2.38. The molecule has 2 fully saturated rings. The summed E-state index contributed by atoms with van der Waals surface area (Å²) in [5.74, 6) is 0.713. The van der Waals surface area contributed by atoms with Gasteiger partial charge in [-0.15, -0.1) is 6.58 Å². The van der Waals surface area contributed by atoms with Crippen LogP contribution in [0.3, 0.4) is 0 Å². The molecule has 2 nitrogen and oxygen atoms in total. The second kappa shape index (κ2) is 4.56. The number of carbonyl (C=O) groups excluding carboxylic acids is 1. The van der Waals surface area contributed by atoms with Crippen LogP contribution in [0.5, 0.6) is 0 Å². The number of rotatable bonds is 2. The smallest absolute Gasteiger partial charge is 0.316 e. The molecule has 15 heavy (non-hydrogen) atoms. The van der Waals surface area contributed by atoms with E-state index < -0.39 is 0 Å². The van der Waals surface area contributed by atoms with Crippen LogP contribution in [0.2, 0.25) is 0 Å². The Balaban J connectivity index is 2.07. The van der Waals surface area contributed by atoms with Gasteiger partial charge in [0.1, 0.15) is 0 Å². The van der Waals surface area contributed by atoms with Gasteiger partial charge >= 0.3 is 5.37 Å². The number of hydrogen-bond acceptors (Lipinski definition) is 1. The number of carbonyl (C=O) groups is 1. The molecule has 1 unspecified atom stereocenters. The second-order valence-electron chi connectivity index (χ2n) is 4.76. The number of piperidine rings is 2. The van der Waals surface area contributed by atoms with Crippen LogP contribution in [0.4, 0.5) is 4.79 Å². The van der Waals surface area contributed by atoms with E-state index in [0.717, 1.165) is 32.1 Å². The van der Waals surface area contributed by atoms with Crippen LogP contribution in [-0.2, 0) is 0 Å². The van der Waals surface area contributed by atoms with E-state index in [1.165, 1.54) is 6.42 Å². The lowest BCUT2D eigenvalue weighted by atomic mass is 9.77. The Bertz CT molecular complexity index is 252. The first kappa shape index (κ1) is 11.0. The molecule has 2 heterocycles. The summed E-state index contributed by atoms with van der Waals surface area (Å²) in [5, 5.41) is -0.248. The minimum absolute atomic E-state index is 0.248. The van der Waals surface area contributed by atoms with Gasteiger partial charge in [0.25, 0.3) is 0 Å². The third kappa shape index (κ3) is 2.20. The molecule has 3 heteroatoms. The van der Waals surface area contributed by atoms with Crippen molar-refractivity contribution in [1.29, 1.82) is 0 Å². The van der Waals surface area contributed by atoms with Crippen molar-refractivity contribution in [2.75, 3.05) is 0 Å². The van der Waals surface area contributed by atoms with Crippen molar-refractivity contribution in [3.63, 3.8) is 0 Å². The van der Waals surface area contributed by atoms with E-state index in [9.17, 15) is 4.79 Å². The minimum atomic E-state index is -0.248. The van der Waals surface area contributed by atoms with Crippen molar-refractivity contribution in [1.82, 2.24) is 4.90 Å². The van der Waals surface area contributed by atoms with Gasteiger partial charge in [0, 0.05) is 12.1 Å². The van der Waals surface area contributed by atoms with Crippen LogP contribution in [0, 0.1) is 5.92 Å². The van der Waals surface area contributed by atoms with Crippen LogP contribution in [0.1, 0.15) is 38.5 Å². The lowest BCUT2D eigenvalue weighted by Gasteiger charge is -2.47. The number of hydrogen-bond donors (Lipinski definition) is 0. The Labute approximate surface area is 96.3 Å². The molecule has 0 aromatic heterocycles. The van der Waals surface area contributed by atoms with Crippen LogP contribution in [-0.4, -0.2) is 22.3 Å². The molecule has 3 atom stereocenters. The number of halogens is 1.